The molecule has 0 saturated heterocycles. The van der Waals surface area contributed by atoms with E-state index in [4.69, 9.17) is 0 Å². The van der Waals surface area contributed by atoms with Gasteiger partial charge < -0.3 is 0 Å². The fourth-order valence-corrected chi connectivity index (χ4v) is 2.85. The van der Waals surface area contributed by atoms with E-state index < -0.39 is 41.1 Å². The quantitative estimate of drug-likeness (QED) is 0.353. The molecule has 0 heterocycles. The molecule has 0 saturated carbocycles. The summed E-state index contributed by atoms with van der Waals surface area (Å²) in [4.78, 5) is 26.7. The summed E-state index contributed by atoms with van der Waals surface area (Å²) in [5, 5.41) is 0. The topological polar surface area (TPSA) is 37.4 Å². The van der Waals surface area contributed by atoms with Crippen molar-refractivity contribution >= 4 is 11.8 Å². The molecule has 0 fully saturated rings. The third-order valence-electron chi connectivity index (χ3n) is 4.44. The van der Waals surface area contributed by atoms with E-state index in [-0.39, 0.29) is 11.1 Å². The van der Waals surface area contributed by atoms with E-state index in [2.05, 4.69) is 0 Å². The Morgan fingerprint density at radius 2 is 1.29 bits per heavy atom. The van der Waals surface area contributed by atoms with Crippen LogP contribution in [-0.2, 0) is 0 Å². The van der Waals surface area contributed by atoms with Gasteiger partial charge in [-0.05, 0) is 49.7 Å². The molecule has 0 bridgehead atoms. The van der Waals surface area contributed by atoms with Crippen molar-refractivity contribution in [2.75, 3.05) is 0 Å². The number of unbranched alkanes of at least 4 members (excludes halogenated alkanes) is 2. The molecule has 0 aliphatic rings. The Morgan fingerprint density at radius 1 is 0.821 bits per heavy atom. The van der Waals surface area contributed by atoms with Gasteiger partial charge in [0.25, 0.3) is 11.8 Å². The smallest absolute Gasteiger partial charge is 0.261 e. The molecule has 0 aromatic heterocycles. The van der Waals surface area contributed by atoms with Gasteiger partial charge in [-0.15, -0.1) is 0 Å². The summed E-state index contributed by atoms with van der Waals surface area (Å²) in [5.74, 6) is -6.35. The van der Waals surface area contributed by atoms with Crippen molar-refractivity contribution in [1.29, 1.82) is 0 Å². The summed E-state index contributed by atoms with van der Waals surface area (Å²) < 4.78 is 53.5. The molecule has 2 rings (SSSR count). The molecule has 0 aliphatic carbocycles. The van der Waals surface area contributed by atoms with Crippen molar-refractivity contribution in [2.24, 2.45) is 0 Å². The summed E-state index contributed by atoms with van der Waals surface area (Å²) in [6.45, 7) is 3.65. The lowest BCUT2D eigenvalue weighted by atomic mass is 10.0. The van der Waals surface area contributed by atoms with Crippen molar-refractivity contribution < 1.29 is 27.2 Å². The van der Waals surface area contributed by atoms with E-state index in [0.29, 0.717) is 18.6 Å². The van der Waals surface area contributed by atoms with Crippen molar-refractivity contribution in [3.63, 3.8) is 0 Å². The van der Waals surface area contributed by atoms with E-state index in [0.717, 1.165) is 48.4 Å². The fourth-order valence-electron chi connectivity index (χ4n) is 2.85. The van der Waals surface area contributed by atoms with Gasteiger partial charge in [-0.1, -0.05) is 26.2 Å². The Balaban J connectivity index is 2.39. The molecule has 0 aliphatic heterocycles. The predicted octanol–water partition coefficient (Wildman–Crippen LogP) is 5.49. The summed E-state index contributed by atoms with van der Waals surface area (Å²) >= 11 is 0. The molecule has 0 N–H and O–H groups in total. The minimum Gasteiger partial charge on any atom is -0.272 e. The number of amides is 2. The highest BCUT2D eigenvalue weighted by Gasteiger charge is 2.29. The maximum Gasteiger partial charge on any atom is 0.261 e. The Labute approximate surface area is 161 Å². The van der Waals surface area contributed by atoms with E-state index in [1.165, 1.54) is 0 Å². The van der Waals surface area contributed by atoms with Crippen LogP contribution in [0.25, 0.3) is 0 Å². The molecule has 7 heteroatoms. The minimum atomic E-state index is -1.22. The standard InChI is InChI=1S/C21H21F4NO2/c1-3-4-5-6-13(2)26(20(27)14-7-9-16(22)18(24)11-14)21(28)15-8-10-17(23)19(25)12-15/h7-13H,3-6H2,1-2H3. The predicted molar refractivity (Wildman–Crippen MR) is 96.8 cm³/mol. The van der Waals surface area contributed by atoms with Gasteiger partial charge in [0.2, 0.25) is 0 Å². The van der Waals surface area contributed by atoms with Crippen LogP contribution >= 0.6 is 0 Å². The second-order valence-electron chi connectivity index (χ2n) is 6.58. The van der Waals surface area contributed by atoms with Crippen LogP contribution in [0.4, 0.5) is 17.6 Å². The van der Waals surface area contributed by atoms with Gasteiger partial charge in [0, 0.05) is 17.2 Å². The molecule has 2 aromatic carbocycles. The highest BCUT2D eigenvalue weighted by Crippen LogP contribution is 2.20. The van der Waals surface area contributed by atoms with Gasteiger partial charge >= 0.3 is 0 Å². The van der Waals surface area contributed by atoms with Crippen LogP contribution in [0.3, 0.4) is 0 Å². The van der Waals surface area contributed by atoms with Crippen LogP contribution in [0.2, 0.25) is 0 Å². The van der Waals surface area contributed by atoms with Gasteiger partial charge in [0.05, 0.1) is 0 Å². The van der Waals surface area contributed by atoms with Crippen LogP contribution in [0.1, 0.15) is 60.2 Å². The first-order chi connectivity index (χ1) is 13.3. The van der Waals surface area contributed by atoms with E-state index in [1.54, 1.807) is 6.92 Å². The molecule has 2 aromatic rings. The zero-order valence-corrected chi connectivity index (χ0v) is 15.6. The average molecular weight is 395 g/mol. The second-order valence-corrected chi connectivity index (χ2v) is 6.58. The monoisotopic (exact) mass is 395 g/mol. The van der Waals surface area contributed by atoms with Crippen LogP contribution in [0.15, 0.2) is 36.4 Å². The molecule has 0 radical (unpaired) electrons. The highest BCUT2D eigenvalue weighted by atomic mass is 19.2. The molecule has 28 heavy (non-hydrogen) atoms. The Kier molecular flexibility index (Phi) is 7.31. The van der Waals surface area contributed by atoms with Crippen LogP contribution in [-0.4, -0.2) is 22.8 Å². The number of carbonyl (C=O) groups is 2. The number of nitrogens with zero attached hydrogens (tertiary/aromatic N) is 1. The van der Waals surface area contributed by atoms with Gasteiger partial charge in [0.1, 0.15) is 0 Å². The largest absolute Gasteiger partial charge is 0.272 e. The lowest BCUT2D eigenvalue weighted by Crippen LogP contribution is -2.43. The Morgan fingerprint density at radius 3 is 1.68 bits per heavy atom. The second kappa shape index (κ2) is 9.48. The van der Waals surface area contributed by atoms with Gasteiger partial charge in [-0.2, -0.15) is 0 Å². The lowest BCUT2D eigenvalue weighted by Gasteiger charge is -2.28. The average Bonchev–Trinajstić information content (AvgIpc) is 2.66. The molecule has 0 spiro atoms. The van der Waals surface area contributed by atoms with Crippen molar-refractivity contribution in [3.8, 4) is 0 Å². The zero-order valence-electron chi connectivity index (χ0n) is 15.6. The number of rotatable bonds is 7. The highest BCUT2D eigenvalue weighted by molar-refractivity contribution is 6.10. The first kappa shape index (κ1) is 21.6. The van der Waals surface area contributed by atoms with Crippen LogP contribution in [0, 0.1) is 23.3 Å². The molecule has 2 amide bonds. The Bertz CT molecular complexity index is 806. The maximum absolute atomic E-state index is 13.6. The lowest BCUT2D eigenvalue weighted by molar-refractivity contribution is 0.0547. The number of halogens is 4. The van der Waals surface area contributed by atoms with Gasteiger partial charge in [-0.25, -0.2) is 17.6 Å². The summed E-state index contributed by atoms with van der Waals surface area (Å²) in [5.41, 5.74) is -0.422. The molecule has 1 atom stereocenters. The van der Waals surface area contributed by atoms with Crippen LogP contribution in [0.5, 0.6) is 0 Å². The molecule has 1 unspecified atom stereocenters. The normalized spacial score (nSPS) is 11.9. The molecule has 150 valence electrons. The van der Waals surface area contributed by atoms with E-state index in [9.17, 15) is 27.2 Å². The first-order valence-electron chi connectivity index (χ1n) is 9.04. The number of benzene rings is 2. The third-order valence-corrected chi connectivity index (χ3v) is 4.44. The van der Waals surface area contributed by atoms with E-state index >= 15 is 0 Å². The molecule has 3 nitrogen and oxygen atoms in total. The number of imide groups is 1. The van der Waals surface area contributed by atoms with Crippen LogP contribution < -0.4 is 0 Å². The number of carbonyl (C=O) groups excluding carboxylic acids is 2. The van der Waals surface area contributed by atoms with Gasteiger partial charge in [-0.3, -0.25) is 14.5 Å². The zero-order chi connectivity index (χ0) is 20.8. The molecular weight excluding hydrogens is 374 g/mol. The summed E-state index contributed by atoms with van der Waals surface area (Å²) in [7, 11) is 0. The first-order valence-corrected chi connectivity index (χ1v) is 9.04. The van der Waals surface area contributed by atoms with Gasteiger partial charge in [0.15, 0.2) is 23.3 Å². The van der Waals surface area contributed by atoms with Crippen molar-refractivity contribution in [2.45, 2.75) is 45.6 Å². The summed E-state index contributed by atoms with van der Waals surface area (Å²) in [6.07, 6.45) is 3.04. The Hall–Kier alpha value is -2.70. The number of hydrogen-bond acceptors (Lipinski definition) is 2. The maximum atomic E-state index is 13.6. The summed E-state index contributed by atoms with van der Waals surface area (Å²) in [6, 6.07) is 4.59. The third kappa shape index (κ3) is 4.97. The van der Waals surface area contributed by atoms with Crippen molar-refractivity contribution in [1.82, 2.24) is 4.90 Å². The molecular formula is C21H21F4NO2. The van der Waals surface area contributed by atoms with Crippen molar-refractivity contribution in [3.05, 3.63) is 70.8 Å². The minimum absolute atomic E-state index is 0.211. The SMILES string of the molecule is CCCCCC(C)N(C(=O)c1ccc(F)c(F)c1)C(=O)c1ccc(F)c(F)c1. The fraction of sp³-hybridized carbons (Fsp3) is 0.333. The number of hydrogen-bond donors (Lipinski definition) is 0. The van der Waals surface area contributed by atoms with E-state index in [1.807, 2.05) is 6.92 Å².